The van der Waals surface area contributed by atoms with E-state index in [4.69, 9.17) is 0 Å². The maximum atomic E-state index is 13.1. The smallest absolute Gasteiger partial charge is 0.372 e. The summed E-state index contributed by atoms with van der Waals surface area (Å²) in [4.78, 5) is 28.5. The molecule has 0 spiro atoms. The van der Waals surface area contributed by atoms with Gasteiger partial charge in [-0.15, -0.1) is 0 Å². The molecule has 0 atom stereocenters. The molecule has 0 fully saturated rings. The summed E-state index contributed by atoms with van der Waals surface area (Å²) in [6.07, 6.45) is -2.15. The van der Waals surface area contributed by atoms with Gasteiger partial charge in [-0.05, 0) is 17.7 Å². The summed E-state index contributed by atoms with van der Waals surface area (Å²) in [5.74, 6) is -0.274. The second-order valence-corrected chi connectivity index (χ2v) is 9.44. The molecule has 1 aliphatic heterocycles. The molecule has 0 aliphatic carbocycles. The van der Waals surface area contributed by atoms with Gasteiger partial charge in [0.25, 0.3) is 5.91 Å². The normalized spacial score (nSPS) is 14.8. The molecule has 4 heterocycles. The second-order valence-electron chi connectivity index (χ2n) is 8.69. The van der Waals surface area contributed by atoms with E-state index >= 15 is 0 Å². The highest BCUT2D eigenvalue weighted by Gasteiger charge is 2.35. The molecule has 1 aliphatic rings. The standard InChI is InChI=1S/C21H22F3N7OS/c1-20(2)10-31(5)15-9-25-14(7-13(15)20)17-28-19(33-29-17)27-16-12(18(32)30(3)4)6-11(8-26-16)21(22,23)24/h6-9H,10H2,1-5H3,(H,26,27,28,29). The first-order valence-electron chi connectivity index (χ1n) is 9.98. The van der Waals surface area contributed by atoms with Crippen LogP contribution in [0.15, 0.2) is 24.5 Å². The van der Waals surface area contributed by atoms with Crippen LogP contribution >= 0.6 is 11.5 Å². The predicted molar refractivity (Wildman–Crippen MR) is 120 cm³/mol. The number of carbonyl (C=O) groups excluding carboxylic acids is 1. The maximum absolute atomic E-state index is 13.1. The molecular weight excluding hydrogens is 455 g/mol. The molecule has 4 rings (SSSR count). The van der Waals surface area contributed by atoms with E-state index in [-0.39, 0.29) is 21.9 Å². The number of likely N-dealkylation sites (N-methyl/N-ethyl adjacent to an activating group) is 1. The summed E-state index contributed by atoms with van der Waals surface area (Å²) in [6, 6.07) is 2.74. The van der Waals surface area contributed by atoms with Gasteiger partial charge < -0.3 is 15.1 Å². The minimum Gasteiger partial charge on any atom is -0.372 e. The van der Waals surface area contributed by atoms with E-state index in [1.807, 2.05) is 13.1 Å². The van der Waals surface area contributed by atoms with Gasteiger partial charge in [0.05, 0.1) is 23.0 Å². The third-order valence-electron chi connectivity index (χ3n) is 5.39. The van der Waals surface area contributed by atoms with Gasteiger partial charge in [0.2, 0.25) is 5.13 Å². The van der Waals surface area contributed by atoms with Crippen LogP contribution in [0.2, 0.25) is 0 Å². The fourth-order valence-electron chi connectivity index (χ4n) is 3.78. The number of pyridine rings is 2. The molecule has 3 aromatic rings. The van der Waals surface area contributed by atoms with Crippen LogP contribution in [0.1, 0.15) is 35.3 Å². The van der Waals surface area contributed by atoms with Crippen molar-refractivity contribution in [2.24, 2.45) is 0 Å². The van der Waals surface area contributed by atoms with Crippen LogP contribution in [0.5, 0.6) is 0 Å². The van der Waals surface area contributed by atoms with E-state index in [0.29, 0.717) is 17.7 Å². The molecule has 0 unspecified atom stereocenters. The summed E-state index contributed by atoms with van der Waals surface area (Å²) in [5.41, 5.74) is 1.51. The van der Waals surface area contributed by atoms with Gasteiger partial charge in [-0.1, -0.05) is 13.8 Å². The average molecular weight is 478 g/mol. The van der Waals surface area contributed by atoms with Gasteiger partial charge in [-0.2, -0.15) is 22.5 Å². The zero-order chi connectivity index (χ0) is 24.1. The zero-order valence-electron chi connectivity index (χ0n) is 18.7. The lowest BCUT2D eigenvalue weighted by Crippen LogP contribution is -2.24. The average Bonchev–Trinajstić information content (AvgIpc) is 3.28. The van der Waals surface area contributed by atoms with Crippen LogP contribution in [0, 0.1) is 0 Å². The molecule has 12 heteroatoms. The van der Waals surface area contributed by atoms with Gasteiger partial charge in [0, 0.05) is 50.8 Å². The van der Waals surface area contributed by atoms with E-state index in [0.717, 1.165) is 35.4 Å². The SMILES string of the molecule is CN(C)C(=O)c1cc(C(F)(F)F)cnc1Nc1nc(-c2cc3c(cn2)N(C)CC3(C)C)ns1. The molecular formula is C21H22F3N7OS. The molecule has 8 nitrogen and oxygen atoms in total. The summed E-state index contributed by atoms with van der Waals surface area (Å²) in [7, 11) is 4.92. The van der Waals surface area contributed by atoms with Crippen LogP contribution in [0.3, 0.4) is 0 Å². The lowest BCUT2D eigenvalue weighted by molar-refractivity contribution is -0.137. The first-order chi connectivity index (χ1) is 15.4. The monoisotopic (exact) mass is 477 g/mol. The number of rotatable bonds is 4. The van der Waals surface area contributed by atoms with E-state index in [1.54, 1.807) is 6.20 Å². The molecule has 0 saturated heterocycles. The maximum Gasteiger partial charge on any atom is 0.417 e. The molecule has 0 radical (unpaired) electrons. The van der Waals surface area contributed by atoms with Gasteiger partial charge in [-0.3, -0.25) is 9.78 Å². The van der Waals surface area contributed by atoms with Crippen molar-refractivity contribution in [2.45, 2.75) is 25.4 Å². The van der Waals surface area contributed by atoms with Crippen molar-refractivity contribution in [3.8, 4) is 11.5 Å². The molecule has 0 bridgehead atoms. The Kier molecular flexibility index (Phi) is 5.51. The Morgan fingerprint density at radius 2 is 1.94 bits per heavy atom. The first-order valence-corrected chi connectivity index (χ1v) is 10.8. The van der Waals surface area contributed by atoms with Crippen molar-refractivity contribution in [1.82, 2.24) is 24.2 Å². The second kappa shape index (κ2) is 7.94. The van der Waals surface area contributed by atoms with Crippen molar-refractivity contribution in [3.63, 3.8) is 0 Å². The Morgan fingerprint density at radius 1 is 1.21 bits per heavy atom. The predicted octanol–water partition coefficient (Wildman–Crippen LogP) is 4.19. The Balaban J connectivity index is 1.65. The number of nitrogens with one attached hydrogen (secondary N) is 1. The minimum atomic E-state index is -4.62. The number of hydrogen-bond donors (Lipinski definition) is 1. The number of aromatic nitrogens is 4. The fourth-order valence-corrected chi connectivity index (χ4v) is 4.36. The lowest BCUT2D eigenvalue weighted by atomic mass is 9.87. The summed E-state index contributed by atoms with van der Waals surface area (Å²) in [5, 5.41) is 3.12. The van der Waals surface area contributed by atoms with Crippen molar-refractivity contribution < 1.29 is 18.0 Å². The molecule has 1 amide bonds. The van der Waals surface area contributed by atoms with Crippen molar-refractivity contribution in [3.05, 3.63) is 41.2 Å². The highest BCUT2D eigenvalue weighted by molar-refractivity contribution is 7.09. The summed E-state index contributed by atoms with van der Waals surface area (Å²) < 4.78 is 43.7. The Bertz CT molecular complexity index is 1220. The Hall–Kier alpha value is -3.28. The van der Waals surface area contributed by atoms with Crippen LogP contribution in [0.4, 0.5) is 29.8 Å². The number of alkyl halides is 3. The molecule has 3 aromatic heterocycles. The van der Waals surface area contributed by atoms with Crippen molar-refractivity contribution in [1.29, 1.82) is 0 Å². The number of carbonyl (C=O) groups is 1. The lowest BCUT2D eigenvalue weighted by Gasteiger charge is -2.18. The third-order valence-corrected chi connectivity index (χ3v) is 6.02. The topological polar surface area (TPSA) is 87.1 Å². The van der Waals surface area contributed by atoms with Gasteiger partial charge in [0.1, 0.15) is 11.5 Å². The van der Waals surface area contributed by atoms with Crippen LogP contribution in [0.25, 0.3) is 11.5 Å². The largest absolute Gasteiger partial charge is 0.417 e. The van der Waals surface area contributed by atoms with E-state index in [2.05, 4.69) is 43.4 Å². The Labute approximate surface area is 192 Å². The number of halogens is 3. The molecule has 0 aromatic carbocycles. The summed E-state index contributed by atoms with van der Waals surface area (Å²) in [6.45, 7) is 5.17. The number of anilines is 3. The van der Waals surface area contributed by atoms with Crippen LogP contribution in [-0.2, 0) is 11.6 Å². The van der Waals surface area contributed by atoms with Gasteiger partial charge in [0.15, 0.2) is 5.82 Å². The molecule has 1 N–H and O–H groups in total. The number of fused-ring (bicyclic) bond motifs is 1. The number of amides is 1. The number of hydrogen-bond acceptors (Lipinski definition) is 8. The minimum absolute atomic E-state index is 0.0333. The summed E-state index contributed by atoms with van der Waals surface area (Å²) >= 11 is 1.00. The first kappa shape index (κ1) is 22.9. The Morgan fingerprint density at radius 3 is 2.61 bits per heavy atom. The molecule has 0 saturated carbocycles. The van der Waals surface area contributed by atoms with Crippen LogP contribution in [-0.4, -0.2) is 57.8 Å². The number of nitrogens with zero attached hydrogens (tertiary/aromatic N) is 6. The highest BCUT2D eigenvalue weighted by Crippen LogP contribution is 2.40. The van der Waals surface area contributed by atoms with E-state index in [1.165, 1.54) is 19.0 Å². The molecule has 33 heavy (non-hydrogen) atoms. The van der Waals surface area contributed by atoms with Gasteiger partial charge >= 0.3 is 6.18 Å². The molecule has 174 valence electrons. The zero-order valence-corrected chi connectivity index (χ0v) is 19.5. The van der Waals surface area contributed by atoms with E-state index < -0.39 is 17.6 Å². The van der Waals surface area contributed by atoms with Crippen molar-refractivity contribution in [2.75, 3.05) is 37.9 Å². The van der Waals surface area contributed by atoms with Gasteiger partial charge in [-0.25, -0.2) is 4.98 Å². The fraction of sp³-hybridized carbons (Fsp3) is 0.381. The van der Waals surface area contributed by atoms with Crippen LogP contribution < -0.4 is 10.2 Å². The quantitative estimate of drug-likeness (QED) is 0.603. The highest BCUT2D eigenvalue weighted by atomic mass is 32.1. The van der Waals surface area contributed by atoms with E-state index in [9.17, 15) is 18.0 Å². The third kappa shape index (κ3) is 4.34. The van der Waals surface area contributed by atoms with Crippen molar-refractivity contribution >= 4 is 34.1 Å².